The van der Waals surface area contributed by atoms with Crippen molar-refractivity contribution in [1.29, 1.82) is 0 Å². The number of nitrogens with one attached hydrogen (secondary N) is 2. The number of hydrogen-bond donors (Lipinski definition) is 3. The average molecular weight is 282 g/mol. The molecule has 0 saturated carbocycles. The van der Waals surface area contributed by atoms with Gasteiger partial charge in [-0.2, -0.15) is 5.10 Å². The van der Waals surface area contributed by atoms with Gasteiger partial charge in [0.25, 0.3) is 5.91 Å². The number of nitrogens with zero attached hydrogens (tertiary/aromatic N) is 2. The van der Waals surface area contributed by atoms with E-state index in [-0.39, 0.29) is 11.7 Å². The number of allylic oxidation sites excluding steroid dienone is 2. The molecule has 1 aromatic heterocycles. The maximum Gasteiger partial charge on any atom is 0.261 e. The first kappa shape index (κ1) is 13.0. The molecule has 106 valence electrons. The van der Waals surface area contributed by atoms with Crippen LogP contribution in [0.2, 0.25) is 0 Å². The van der Waals surface area contributed by atoms with Crippen LogP contribution in [-0.4, -0.2) is 20.8 Å². The van der Waals surface area contributed by atoms with Crippen LogP contribution < -0.4 is 10.6 Å². The van der Waals surface area contributed by atoms with Gasteiger partial charge in [-0.15, -0.1) is 0 Å². The van der Waals surface area contributed by atoms with Crippen LogP contribution in [0.4, 0.5) is 11.5 Å². The smallest absolute Gasteiger partial charge is 0.261 e. The van der Waals surface area contributed by atoms with Gasteiger partial charge in [-0.05, 0) is 25.1 Å². The third kappa shape index (κ3) is 2.27. The van der Waals surface area contributed by atoms with Crippen LogP contribution in [0, 0.1) is 0 Å². The number of phenols is 1. The molecule has 3 N–H and O–H groups in total. The van der Waals surface area contributed by atoms with Gasteiger partial charge in [0.05, 0.1) is 11.9 Å². The summed E-state index contributed by atoms with van der Waals surface area (Å²) in [6.07, 6.45) is 3.32. The minimum Gasteiger partial charge on any atom is -0.506 e. The second-order valence-electron chi connectivity index (χ2n) is 4.73. The number of benzene rings is 1. The minimum absolute atomic E-state index is 0.0142. The SMILES string of the molecule is C=C1C=C(C)n2ncc(C(=O)Nc3ccccc3O)c2N1. The van der Waals surface area contributed by atoms with E-state index in [4.69, 9.17) is 0 Å². The van der Waals surface area contributed by atoms with Gasteiger partial charge in [-0.1, -0.05) is 18.7 Å². The predicted molar refractivity (Wildman–Crippen MR) is 81.0 cm³/mol. The molecular formula is C15H14N4O2. The van der Waals surface area contributed by atoms with Crippen LogP contribution in [-0.2, 0) is 0 Å². The van der Waals surface area contributed by atoms with E-state index in [0.717, 1.165) is 5.70 Å². The molecule has 0 bridgehead atoms. The minimum atomic E-state index is -0.354. The molecule has 1 amide bonds. The van der Waals surface area contributed by atoms with E-state index in [0.29, 0.717) is 22.8 Å². The zero-order chi connectivity index (χ0) is 15.0. The summed E-state index contributed by atoms with van der Waals surface area (Å²) in [5, 5.41) is 19.6. The number of fused-ring (bicyclic) bond motifs is 1. The molecular weight excluding hydrogens is 268 g/mol. The van der Waals surface area contributed by atoms with Crippen LogP contribution in [0.5, 0.6) is 5.75 Å². The Balaban J connectivity index is 1.92. The molecule has 0 spiro atoms. The molecule has 6 nitrogen and oxygen atoms in total. The lowest BCUT2D eigenvalue weighted by Crippen LogP contribution is -2.17. The van der Waals surface area contributed by atoms with E-state index in [1.54, 1.807) is 22.9 Å². The Kier molecular flexibility index (Phi) is 2.98. The zero-order valence-electron chi connectivity index (χ0n) is 11.4. The highest BCUT2D eigenvalue weighted by atomic mass is 16.3. The lowest BCUT2D eigenvalue weighted by atomic mass is 10.2. The summed E-state index contributed by atoms with van der Waals surface area (Å²) in [7, 11) is 0. The topological polar surface area (TPSA) is 79.2 Å². The first-order valence-electron chi connectivity index (χ1n) is 6.38. The molecule has 0 fully saturated rings. The highest BCUT2D eigenvalue weighted by Crippen LogP contribution is 2.28. The normalized spacial score (nSPS) is 13.2. The van der Waals surface area contributed by atoms with Crippen LogP contribution in [0.1, 0.15) is 17.3 Å². The van der Waals surface area contributed by atoms with Crippen molar-refractivity contribution in [1.82, 2.24) is 9.78 Å². The molecule has 0 atom stereocenters. The van der Waals surface area contributed by atoms with Crippen LogP contribution in [0.3, 0.4) is 0 Å². The van der Waals surface area contributed by atoms with Crippen molar-refractivity contribution in [2.24, 2.45) is 0 Å². The Labute approximate surface area is 121 Å². The second-order valence-corrected chi connectivity index (χ2v) is 4.73. The maximum absolute atomic E-state index is 12.3. The number of carbonyl (C=O) groups excluding carboxylic acids is 1. The number of anilines is 2. The number of aromatic nitrogens is 2. The number of hydrogen-bond acceptors (Lipinski definition) is 4. The number of carbonyl (C=O) groups is 1. The van der Waals surface area contributed by atoms with E-state index in [9.17, 15) is 9.90 Å². The van der Waals surface area contributed by atoms with Gasteiger partial charge in [-0.3, -0.25) is 4.79 Å². The van der Waals surface area contributed by atoms with E-state index in [2.05, 4.69) is 22.3 Å². The Morgan fingerprint density at radius 2 is 2.19 bits per heavy atom. The largest absolute Gasteiger partial charge is 0.506 e. The molecule has 0 radical (unpaired) electrons. The van der Waals surface area contributed by atoms with Gasteiger partial charge in [0, 0.05) is 11.4 Å². The molecule has 2 heterocycles. The molecule has 6 heteroatoms. The quantitative estimate of drug-likeness (QED) is 0.740. The van der Waals surface area contributed by atoms with Gasteiger partial charge < -0.3 is 15.7 Å². The fourth-order valence-electron chi connectivity index (χ4n) is 2.17. The summed E-state index contributed by atoms with van der Waals surface area (Å²) in [6, 6.07) is 6.55. The Bertz CT molecular complexity index is 774. The average Bonchev–Trinajstić information content (AvgIpc) is 2.85. The molecule has 1 aliphatic heterocycles. The molecule has 0 aliphatic carbocycles. The first-order chi connectivity index (χ1) is 10.1. The van der Waals surface area contributed by atoms with Crippen molar-refractivity contribution in [3.05, 3.63) is 54.4 Å². The van der Waals surface area contributed by atoms with Gasteiger partial charge in [0.2, 0.25) is 0 Å². The van der Waals surface area contributed by atoms with Crippen LogP contribution in [0.25, 0.3) is 5.70 Å². The Morgan fingerprint density at radius 3 is 2.95 bits per heavy atom. The van der Waals surface area contributed by atoms with E-state index in [1.165, 1.54) is 12.3 Å². The van der Waals surface area contributed by atoms with Crippen molar-refractivity contribution in [2.45, 2.75) is 6.92 Å². The van der Waals surface area contributed by atoms with Crippen molar-refractivity contribution < 1.29 is 9.90 Å². The van der Waals surface area contributed by atoms with E-state index >= 15 is 0 Å². The van der Waals surface area contributed by atoms with Gasteiger partial charge in [0.15, 0.2) is 0 Å². The van der Waals surface area contributed by atoms with E-state index in [1.807, 2.05) is 13.0 Å². The summed E-state index contributed by atoms with van der Waals surface area (Å²) >= 11 is 0. The fraction of sp³-hybridized carbons (Fsp3) is 0.0667. The van der Waals surface area contributed by atoms with Crippen molar-refractivity contribution in [3.8, 4) is 5.75 Å². The molecule has 2 aromatic rings. The van der Waals surface area contributed by atoms with Crippen LogP contribution in [0.15, 0.2) is 48.8 Å². The third-order valence-corrected chi connectivity index (χ3v) is 3.16. The number of rotatable bonds is 2. The number of para-hydroxylation sites is 2. The van der Waals surface area contributed by atoms with Gasteiger partial charge in [-0.25, -0.2) is 4.68 Å². The summed E-state index contributed by atoms with van der Waals surface area (Å²) < 4.78 is 1.63. The number of aromatic hydroxyl groups is 1. The summed E-state index contributed by atoms with van der Waals surface area (Å²) in [4.78, 5) is 12.3. The maximum atomic E-state index is 12.3. The lowest BCUT2D eigenvalue weighted by molar-refractivity contribution is 0.102. The molecule has 3 rings (SSSR count). The molecule has 1 aromatic carbocycles. The van der Waals surface area contributed by atoms with Gasteiger partial charge in [0.1, 0.15) is 17.1 Å². The Morgan fingerprint density at radius 1 is 1.43 bits per heavy atom. The zero-order valence-corrected chi connectivity index (χ0v) is 11.4. The molecule has 21 heavy (non-hydrogen) atoms. The van der Waals surface area contributed by atoms with Gasteiger partial charge >= 0.3 is 0 Å². The van der Waals surface area contributed by atoms with E-state index < -0.39 is 0 Å². The summed E-state index contributed by atoms with van der Waals surface area (Å²) in [5.41, 5.74) is 2.30. The van der Waals surface area contributed by atoms with Crippen LogP contribution >= 0.6 is 0 Å². The second kappa shape index (κ2) is 4.82. The summed E-state index contributed by atoms with van der Waals surface area (Å²) in [5.74, 6) is 0.223. The molecule has 0 saturated heterocycles. The van der Waals surface area contributed by atoms with Crippen molar-refractivity contribution in [2.75, 3.05) is 10.6 Å². The van der Waals surface area contributed by atoms with Crippen molar-refractivity contribution in [3.63, 3.8) is 0 Å². The molecule has 1 aliphatic rings. The molecule has 0 unspecified atom stereocenters. The standard InChI is InChI=1S/C15H14N4O2/c1-9-7-10(2)19-14(17-9)11(8-16-19)15(21)18-12-5-3-4-6-13(12)20/h3-8,17,20H,1H2,2H3,(H,18,21). The highest BCUT2D eigenvalue weighted by molar-refractivity contribution is 6.08. The third-order valence-electron chi connectivity index (χ3n) is 3.16. The number of phenolic OH excluding ortho intramolecular Hbond substituents is 1. The fourth-order valence-corrected chi connectivity index (χ4v) is 2.17. The first-order valence-corrected chi connectivity index (χ1v) is 6.38. The summed E-state index contributed by atoms with van der Waals surface area (Å²) in [6.45, 7) is 5.72. The van der Waals surface area contributed by atoms with Crippen molar-refractivity contribution >= 4 is 23.1 Å². The highest BCUT2D eigenvalue weighted by Gasteiger charge is 2.21. The monoisotopic (exact) mass is 282 g/mol. The number of amides is 1. The predicted octanol–water partition coefficient (Wildman–Crippen LogP) is 2.64. The lowest BCUT2D eigenvalue weighted by Gasteiger charge is -2.17. The Hall–Kier alpha value is -3.02.